The van der Waals surface area contributed by atoms with Crippen molar-refractivity contribution in [2.45, 2.75) is 0 Å². The molecule has 0 saturated carbocycles. The van der Waals surface area contributed by atoms with Crippen LogP contribution in [-0.2, 0) is 0 Å². The Hall–Kier alpha value is -2.14. The van der Waals surface area contributed by atoms with E-state index in [0.29, 0.717) is 16.2 Å². The zero-order valence-corrected chi connectivity index (χ0v) is 9.23. The standard InChI is InChI=1S/C11H6ClN3O2/c12-7-3-1-6(2-4-7)8-9-10(17-15-8)11(16)14-5-13-9/h1-5H,(H,13,14,16). The third kappa shape index (κ3) is 1.60. The summed E-state index contributed by atoms with van der Waals surface area (Å²) in [6.45, 7) is 0. The van der Waals surface area contributed by atoms with E-state index >= 15 is 0 Å². The van der Waals surface area contributed by atoms with Gasteiger partial charge in [-0.2, -0.15) is 0 Å². The molecule has 2 aromatic heterocycles. The van der Waals surface area contributed by atoms with Crippen LogP contribution >= 0.6 is 11.6 Å². The molecule has 0 unspecified atom stereocenters. The largest absolute Gasteiger partial charge is 0.348 e. The Kier molecular flexibility index (Phi) is 2.19. The van der Waals surface area contributed by atoms with E-state index in [1.165, 1.54) is 6.33 Å². The van der Waals surface area contributed by atoms with Gasteiger partial charge in [0.2, 0.25) is 0 Å². The first-order chi connectivity index (χ1) is 8.25. The Bertz CT molecular complexity index is 730. The summed E-state index contributed by atoms with van der Waals surface area (Å²) in [5, 5.41) is 4.49. The van der Waals surface area contributed by atoms with Crippen LogP contribution in [0.15, 0.2) is 39.9 Å². The van der Waals surface area contributed by atoms with E-state index in [9.17, 15) is 4.79 Å². The lowest BCUT2D eigenvalue weighted by molar-refractivity contribution is 0.456. The van der Waals surface area contributed by atoms with Gasteiger partial charge >= 0.3 is 0 Å². The summed E-state index contributed by atoms with van der Waals surface area (Å²) in [7, 11) is 0. The van der Waals surface area contributed by atoms with Crippen LogP contribution in [-0.4, -0.2) is 15.1 Å². The molecule has 0 aliphatic carbocycles. The fraction of sp³-hybridized carbons (Fsp3) is 0. The van der Waals surface area contributed by atoms with E-state index in [1.54, 1.807) is 24.3 Å². The maximum Gasteiger partial charge on any atom is 0.297 e. The van der Waals surface area contributed by atoms with Crippen molar-refractivity contribution in [3.63, 3.8) is 0 Å². The normalized spacial score (nSPS) is 10.9. The molecule has 0 fully saturated rings. The van der Waals surface area contributed by atoms with Gasteiger partial charge in [0, 0.05) is 10.6 Å². The van der Waals surface area contributed by atoms with Crippen LogP contribution < -0.4 is 5.56 Å². The van der Waals surface area contributed by atoms with Crippen molar-refractivity contribution >= 4 is 22.7 Å². The van der Waals surface area contributed by atoms with Gasteiger partial charge in [0.05, 0.1) is 6.33 Å². The summed E-state index contributed by atoms with van der Waals surface area (Å²) >= 11 is 5.80. The highest BCUT2D eigenvalue weighted by Crippen LogP contribution is 2.25. The van der Waals surface area contributed by atoms with Crippen LogP contribution in [0.1, 0.15) is 0 Å². The predicted molar refractivity (Wildman–Crippen MR) is 62.9 cm³/mol. The fourth-order valence-electron chi connectivity index (χ4n) is 1.57. The molecule has 0 radical (unpaired) electrons. The first kappa shape index (κ1) is 10.0. The molecule has 0 aliphatic rings. The minimum Gasteiger partial charge on any atom is -0.348 e. The molecule has 2 heterocycles. The highest BCUT2D eigenvalue weighted by molar-refractivity contribution is 6.30. The Morgan fingerprint density at radius 1 is 1.24 bits per heavy atom. The van der Waals surface area contributed by atoms with Gasteiger partial charge in [-0.15, -0.1) is 0 Å². The number of fused-ring (bicyclic) bond motifs is 1. The molecule has 5 nitrogen and oxygen atoms in total. The molecular weight excluding hydrogens is 242 g/mol. The molecule has 0 amide bonds. The number of H-pyrrole nitrogens is 1. The number of benzene rings is 1. The van der Waals surface area contributed by atoms with Crippen molar-refractivity contribution in [1.29, 1.82) is 0 Å². The lowest BCUT2D eigenvalue weighted by Crippen LogP contribution is -2.04. The van der Waals surface area contributed by atoms with Crippen LogP contribution in [0.4, 0.5) is 0 Å². The monoisotopic (exact) mass is 247 g/mol. The van der Waals surface area contributed by atoms with Crippen LogP contribution in [0.3, 0.4) is 0 Å². The number of aromatic nitrogens is 3. The third-order valence-corrected chi connectivity index (χ3v) is 2.63. The summed E-state index contributed by atoms with van der Waals surface area (Å²) in [6, 6.07) is 7.07. The van der Waals surface area contributed by atoms with Gasteiger partial charge in [-0.1, -0.05) is 28.9 Å². The first-order valence-electron chi connectivity index (χ1n) is 4.85. The highest BCUT2D eigenvalue weighted by atomic mass is 35.5. The van der Waals surface area contributed by atoms with E-state index in [4.69, 9.17) is 16.1 Å². The van der Waals surface area contributed by atoms with Gasteiger partial charge in [-0.25, -0.2) is 4.98 Å². The molecule has 17 heavy (non-hydrogen) atoms. The van der Waals surface area contributed by atoms with Crippen LogP contribution in [0.25, 0.3) is 22.4 Å². The number of halogens is 1. The molecule has 0 atom stereocenters. The average Bonchev–Trinajstić information content (AvgIpc) is 2.75. The number of hydrogen-bond acceptors (Lipinski definition) is 4. The number of aromatic amines is 1. The van der Waals surface area contributed by atoms with E-state index < -0.39 is 0 Å². The maximum atomic E-state index is 11.4. The molecule has 3 aromatic rings. The van der Waals surface area contributed by atoms with E-state index in [0.717, 1.165) is 5.56 Å². The van der Waals surface area contributed by atoms with Gasteiger partial charge in [0.25, 0.3) is 11.1 Å². The molecule has 3 rings (SSSR count). The van der Waals surface area contributed by atoms with E-state index in [2.05, 4.69) is 15.1 Å². The molecule has 1 N–H and O–H groups in total. The van der Waals surface area contributed by atoms with Crippen LogP contribution in [0.2, 0.25) is 5.02 Å². The molecular formula is C11H6ClN3O2. The Balaban J connectivity index is 2.28. The quantitative estimate of drug-likeness (QED) is 0.716. The molecule has 0 saturated heterocycles. The van der Waals surface area contributed by atoms with E-state index in [-0.39, 0.29) is 11.1 Å². The van der Waals surface area contributed by atoms with Crippen molar-refractivity contribution in [2.75, 3.05) is 0 Å². The molecule has 84 valence electrons. The molecule has 6 heteroatoms. The smallest absolute Gasteiger partial charge is 0.297 e. The van der Waals surface area contributed by atoms with Gasteiger partial charge in [-0.3, -0.25) is 4.79 Å². The topological polar surface area (TPSA) is 71.8 Å². The Labute approximate surface area is 100 Å². The number of hydrogen-bond donors (Lipinski definition) is 1. The zero-order chi connectivity index (χ0) is 11.8. The SMILES string of the molecule is O=c1[nH]cnc2c(-c3ccc(Cl)cc3)noc12. The van der Waals surface area contributed by atoms with Crippen LogP contribution in [0, 0.1) is 0 Å². The van der Waals surface area contributed by atoms with Crippen molar-refractivity contribution in [1.82, 2.24) is 15.1 Å². The second kappa shape index (κ2) is 3.71. The van der Waals surface area contributed by atoms with Gasteiger partial charge < -0.3 is 9.51 Å². The predicted octanol–water partition coefficient (Wildman–Crippen LogP) is 2.23. The lowest BCUT2D eigenvalue weighted by Gasteiger charge is -1.95. The summed E-state index contributed by atoms with van der Waals surface area (Å²) in [5.41, 5.74) is 1.55. The van der Waals surface area contributed by atoms with Gasteiger partial charge in [0.1, 0.15) is 11.2 Å². The fourth-order valence-corrected chi connectivity index (χ4v) is 1.70. The average molecular weight is 248 g/mol. The molecule has 0 aliphatic heterocycles. The van der Waals surface area contributed by atoms with Crippen molar-refractivity contribution in [3.8, 4) is 11.3 Å². The van der Waals surface area contributed by atoms with Crippen molar-refractivity contribution in [2.24, 2.45) is 0 Å². The Morgan fingerprint density at radius 2 is 2.00 bits per heavy atom. The molecule has 0 spiro atoms. The van der Waals surface area contributed by atoms with Crippen LogP contribution in [0.5, 0.6) is 0 Å². The summed E-state index contributed by atoms with van der Waals surface area (Å²) in [4.78, 5) is 17.9. The number of nitrogens with one attached hydrogen (secondary N) is 1. The Morgan fingerprint density at radius 3 is 2.76 bits per heavy atom. The molecule has 0 bridgehead atoms. The van der Waals surface area contributed by atoms with Gasteiger partial charge in [-0.05, 0) is 12.1 Å². The van der Waals surface area contributed by atoms with Gasteiger partial charge in [0.15, 0.2) is 0 Å². The summed E-state index contributed by atoms with van der Waals surface area (Å²) < 4.78 is 4.98. The third-order valence-electron chi connectivity index (χ3n) is 2.38. The molecule has 1 aromatic carbocycles. The van der Waals surface area contributed by atoms with Crippen molar-refractivity contribution < 1.29 is 4.52 Å². The first-order valence-corrected chi connectivity index (χ1v) is 5.22. The zero-order valence-electron chi connectivity index (χ0n) is 8.48. The van der Waals surface area contributed by atoms with E-state index in [1.807, 2.05) is 0 Å². The highest BCUT2D eigenvalue weighted by Gasteiger charge is 2.13. The second-order valence-electron chi connectivity index (χ2n) is 3.45. The lowest BCUT2D eigenvalue weighted by atomic mass is 10.1. The second-order valence-corrected chi connectivity index (χ2v) is 3.88. The summed E-state index contributed by atoms with van der Waals surface area (Å²) in [6.07, 6.45) is 1.32. The minimum absolute atomic E-state index is 0.123. The maximum absolute atomic E-state index is 11.4. The number of rotatable bonds is 1. The van der Waals surface area contributed by atoms with Crippen molar-refractivity contribution in [3.05, 3.63) is 46.0 Å². The summed E-state index contributed by atoms with van der Waals surface area (Å²) in [5.74, 6) is 0. The number of nitrogens with zero attached hydrogens (tertiary/aromatic N) is 2. The minimum atomic E-state index is -0.345.